The number of rotatable bonds is 10. The highest BCUT2D eigenvalue weighted by molar-refractivity contribution is 7.54. The van der Waals surface area contributed by atoms with E-state index in [1.807, 2.05) is 5.92 Å². The van der Waals surface area contributed by atoms with Gasteiger partial charge in [0.05, 0.1) is 33.8 Å². The number of aliphatic hydroxyl groups is 2. The summed E-state index contributed by atoms with van der Waals surface area (Å²) in [5.41, 5.74) is 1.93. The molecule has 15 heteroatoms. The average molecular weight is 578 g/mol. The summed E-state index contributed by atoms with van der Waals surface area (Å²) >= 11 is 0. The molecule has 1 saturated heterocycles. The van der Waals surface area contributed by atoms with Crippen molar-refractivity contribution in [3.05, 3.63) is 47.0 Å². The molecule has 14 nitrogen and oxygen atoms in total. The average Bonchev–Trinajstić information content (AvgIpc) is 3.42. The molecule has 6 atom stereocenters. The number of nitrogens with one attached hydrogen (secondary N) is 1. The third-order valence-corrected chi connectivity index (χ3v) is 7.74. The summed E-state index contributed by atoms with van der Waals surface area (Å²) in [6, 6.07) is 7.71. The molecule has 3 heterocycles. The number of carbonyl (C=O) groups excluding carboxylic acids is 1. The number of terminal acetylenes is 1. The van der Waals surface area contributed by atoms with Crippen LogP contribution in [0.5, 0.6) is 5.75 Å². The first kappa shape index (κ1) is 26.5. The van der Waals surface area contributed by atoms with Crippen LogP contribution in [0, 0.1) is 18.3 Å². The first-order chi connectivity index (χ1) is 19.6. The molecule has 214 valence electrons. The van der Waals surface area contributed by atoms with Gasteiger partial charge < -0.3 is 29.9 Å². The smallest absolute Gasteiger partial charge is 0.380 e. The van der Waals surface area contributed by atoms with Crippen LogP contribution in [0.25, 0.3) is 11.2 Å². The highest BCUT2D eigenvalue weighted by Crippen LogP contribution is 2.51. The standard InChI is InChI=1S/C25H30N5O9P/c1-5-25(34)19(31)17(38-23(25)30-13-27-18-20(30)28-24(26)29-21(18)32)11-36-40(35,39-16-9-7-6-8-10-16)12-15(4)22(33)37-14(2)3/h1,6-10,13-15,17,19,23,31,34H,11-12H2,2-4H3,(H3,26,28,29,32)/t15-,17-,19+,23-,25?,40+/m1/s1/i11D2. The molecule has 2 aromatic heterocycles. The molecule has 1 unspecified atom stereocenters. The van der Waals surface area contributed by atoms with Crippen molar-refractivity contribution in [2.75, 3.05) is 18.5 Å². The number of hydrogen-bond acceptors (Lipinski definition) is 12. The normalized spacial score (nSPS) is 26.0. The summed E-state index contributed by atoms with van der Waals surface area (Å²) in [6.07, 6.45) is -0.502. The van der Waals surface area contributed by atoms with E-state index in [4.69, 9.17) is 33.4 Å². The number of hydrogen-bond donors (Lipinski definition) is 4. The molecule has 0 radical (unpaired) electrons. The second-order valence-electron chi connectivity index (χ2n) is 9.39. The Morgan fingerprint density at radius 3 is 2.75 bits per heavy atom. The van der Waals surface area contributed by atoms with Gasteiger partial charge in [0.25, 0.3) is 5.56 Å². The third kappa shape index (κ3) is 5.89. The number of H-pyrrole nitrogens is 1. The largest absolute Gasteiger partial charge is 0.463 e. The lowest BCUT2D eigenvalue weighted by Gasteiger charge is -2.26. The fourth-order valence-corrected chi connectivity index (χ4v) is 5.67. The number of aromatic nitrogens is 4. The molecule has 40 heavy (non-hydrogen) atoms. The van der Waals surface area contributed by atoms with Crippen LogP contribution in [-0.2, 0) is 23.4 Å². The van der Waals surface area contributed by atoms with Crippen molar-refractivity contribution >= 4 is 30.7 Å². The zero-order valence-corrected chi connectivity index (χ0v) is 22.6. The van der Waals surface area contributed by atoms with Crippen molar-refractivity contribution in [3.8, 4) is 18.1 Å². The third-order valence-electron chi connectivity index (χ3n) is 5.87. The maximum atomic E-state index is 14.0. The molecular weight excluding hydrogens is 545 g/mol. The zero-order chi connectivity index (χ0) is 31.0. The van der Waals surface area contributed by atoms with Crippen LogP contribution in [0.3, 0.4) is 0 Å². The summed E-state index contributed by atoms with van der Waals surface area (Å²) in [4.78, 5) is 34.9. The van der Waals surface area contributed by atoms with Crippen molar-refractivity contribution in [2.24, 2.45) is 5.92 Å². The quantitative estimate of drug-likeness (QED) is 0.153. The second kappa shape index (κ2) is 11.4. The molecule has 5 N–H and O–H groups in total. The van der Waals surface area contributed by atoms with E-state index >= 15 is 0 Å². The van der Waals surface area contributed by atoms with Crippen molar-refractivity contribution in [1.29, 1.82) is 0 Å². The summed E-state index contributed by atoms with van der Waals surface area (Å²) < 4.78 is 54.2. The van der Waals surface area contributed by atoms with Gasteiger partial charge in [0.1, 0.15) is 18.0 Å². The van der Waals surface area contributed by atoms with E-state index < -0.39 is 67.9 Å². The predicted molar refractivity (Wildman–Crippen MR) is 142 cm³/mol. The molecule has 0 spiro atoms. The number of imidazole rings is 1. The molecule has 0 amide bonds. The van der Waals surface area contributed by atoms with Gasteiger partial charge in [-0.2, -0.15) is 4.98 Å². The lowest BCUT2D eigenvalue weighted by molar-refractivity contribution is -0.151. The van der Waals surface area contributed by atoms with Crippen molar-refractivity contribution in [2.45, 2.75) is 50.9 Å². The number of carbonyl (C=O) groups is 1. The minimum atomic E-state index is -4.57. The summed E-state index contributed by atoms with van der Waals surface area (Å²) in [5.74, 6) is -0.0364. The molecule has 0 bridgehead atoms. The number of esters is 1. The Labute approximate surface area is 231 Å². The van der Waals surface area contributed by atoms with Gasteiger partial charge in [0.15, 0.2) is 23.0 Å². The molecule has 1 fully saturated rings. The zero-order valence-electron chi connectivity index (χ0n) is 23.8. The minimum Gasteiger partial charge on any atom is -0.463 e. The number of ether oxygens (including phenoxy) is 2. The number of fused-ring (bicyclic) bond motifs is 1. The maximum absolute atomic E-state index is 14.0. The predicted octanol–water partition coefficient (Wildman–Crippen LogP) is 1.20. The highest BCUT2D eigenvalue weighted by Gasteiger charge is 2.56. The molecule has 0 aliphatic carbocycles. The Hall–Kier alpha value is -3.73. The molecule has 0 saturated carbocycles. The second-order valence-corrected chi connectivity index (χ2v) is 11.3. The van der Waals surface area contributed by atoms with Gasteiger partial charge in [0, 0.05) is 0 Å². The first-order valence-corrected chi connectivity index (χ1v) is 13.8. The van der Waals surface area contributed by atoms with Gasteiger partial charge in [-0.25, -0.2) is 9.55 Å². The lowest BCUT2D eigenvalue weighted by atomic mass is 9.95. The van der Waals surface area contributed by atoms with E-state index in [1.54, 1.807) is 32.0 Å². The highest BCUT2D eigenvalue weighted by atomic mass is 31.2. The van der Waals surface area contributed by atoms with Gasteiger partial charge in [-0.05, 0) is 26.0 Å². The van der Waals surface area contributed by atoms with Crippen molar-refractivity contribution in [1.82, 2.24) is 19.5 Å². The fraction of sp³-hybridized carbons (Fsp3) is 0.440. The number of aliphatic hydroxyl groups excluding tert-OH is 1. The summed E-state index contributed by atoms with van der Waals surface area (Å²) in [7, 11) is -4.57. The molecule has 4 rings (SSSR count). The number of anilines is 1. The van der Waals surface area contributed by atoms with Gasteiger partial charge in [-0.15, -0.1) is 6.42 Å². The minimum absolute atomic E-state index is 0.0470. The molecule has 3 aromatic rings. The SMILES string of the molecule is [2H]C([2H])(O[P@@](=O)(C[C@@H](C)C(=O)OC(C)C)Oc1ccccc1)[C@H]1O[C@@H](n2cnc3c(=O)[nH]c(N)nc32)C(O)(C#C)[C@H]1O. The van der Waals surface area contributed by atoms with Crippen LogP contribution in [0.4, 0.5) is 5.95 Å². The van der Waals surface area contributed by atoms with E-state index in [9.17, 15) is 24.4 Å². The molecule has 1 aliphatic rings. The number of benzene rings is 1. The van der Waals surface area contributed by atoms with Crippen LogP contribution < -0.4 is 15.8 Å². The van der Waals surface area contributed by atoms with Gasteiger partial charge in [-0.3, -0.25) is 23.7 Å². The summed E-state index contributed by atoms with van der Waals surface area (Å²) in [6.45, 7) is 1.52. The van der Waals surface area contributed by atoms with Crippen LogP contribution in [0.1, 0.15) is 29.7 Å². The number of para-hydroxylation sites is 1. The lowest BCUT2D eigenvalue weighted by Crippen LogP contribution is -2.46. The van der Waals surface area contributed by atoms with Crippen LogP contribution in [-0.4, -0.2) is 72.3 Å². The Kier molecular flexibility index (Phi) is 7.55. The van der Waals surface area contributed by atoms with E-state index in [0.29, 0.717) is 0 Å². The maximum Gasteiger partial charge on any atom is 0.380 e. The van der Waals surface area contributed by atoms with E-state index in [0.717, 1.165) is 10.9 Å². The van der Waals surface area contributed by atoms with Gasteiger partial charge >= 0.3 is 13.6 Å². The number of nitrogen functional groups attached to an aromatic ring is 1. The number of nitrogens with zero attached hydrogens (tertiary/aromatic N) is 3. The Morgan fingerprint density at radius 1 is 1.40 bits per heavy atom. The van der Waals surface area contributed by atoms with Crippen LogP contribution in [0.15, 0.2) is 41.5 Å². The first-order valence-electron chi connectivity index (χ1n) is 13.1. The van der Waals surface area contributed by atoms with Gasteiger partial charge in [0.2, 0.25) is 5.95 Å². The van der Waals surface area contributed by atoms with Crippen molar-refractivity contribution in [3.63, 3.8) is 0 Å². The van der Waals surface area contributed by atoms with E-state index in [-0.39, 0.29) is 22.9 Å². The molecule has 1 aliphatic heterocycles. The van der Waals surface area contributed by atoms with E-state index in [1.165, 1.54) is 19.1 Å². The Bertz CT molecular complexity index is 1610. The summed E-state index contributed by atoms with van der Waals surface area (Å²) in [5, 5.41) is 22.3. The van der Waals surface area contributed by atoms with E-state index in [2.05, 4.69) is 15.0 Å². The topological polar surface area (TPSA) is 201 Å². The fourth-order valence-electron chi connectivity index (χ4n) is 3.96. The van der Waals surface area contributed by atoms with Crippen molar-refractivity contribution < 1.29 is 40.8 Å². The van der Waals surface area contributed by atoms with Crippen LogP contribution >= 0.6 is 7.60 Å². The Morgan fingerprint density at radius 2 is 2.10 bits per heavy atom. The van der Waals surface area contributed by atoms with Gasteiger partial charge in [-0.1, -0.05) is 31.0 Å². The monoisotopic (exact) mass is 577 g/mol. The molecule has 1 aromatic carbocycles. The number of nitrogens with two attached hydrogens (primary N) is 1. The molecular formula is C25H30N5O9P. The van der Waals surface area contributed by atoms with Crippen LogP contribution in [0.2, 0.25) is 0 Å². The Balaban J connectivity index is 1.69. The number of aromatic amines is 1.